The van der Waals surface area contributed by atoms with Crippen LogP contribution in [-0.2, 0) is 16.9 Å². The van der Waals surface area contributed by atoms with Crippen LogP contribution in [0, 0.1) is 11.3 Å². The monoisotopic (exact) mass is 440 g/mol. The molecule has 0 saturated heterocycles. The van der Waals surface area contributed by atoms with Gasteiger partial charge in [-0.3, -0.25) is 4.79 Å². The molecule has 0 aliphatic heterocycles. The Morgan fingerprint density at radius 3 is 2.54 bits per heavy atom. The molecule has 0 atom stereocenters. The molecule has 1 aromatic rings. The normalized spacial score (nSPS) is 16.8. The molecular weight excluding hydrogens is 416 g/mol. The summed E-state index contributed by atoms with van der Waals surface area (Å²) in [4.78, 5) is 12.8. The molecule has 0 heterocycles. The first-order valence-electron chi connectivity index (χ1n) is 9.24. The van der Waals surface area contributed by atoms with E-state index in [2.05, 4.69) is 27.8 Å². The van der Waals surface area contributed by atoms with Crippen molar-refractivity contribution >= 4 is 21.8 Å². The summed E-state index contributed by atoms with van der Waals surface area (Å²) >= 11 is 3.33. The summed E-state index contributed by atoms with van der Waals surface area (Å²) in [5.41, 5.74) is 1.96. The zero-order chi connectivity index (χ0) is 20.6. The Bertz CT molecular complexity index is 848. The summed E-state index contributed by atoms with van der Waals surface area (Å²) < 4.78 is 0.967. The molecule has 1 saturated carbocycles. The van der Waals surface area contributed by atoms with Crippen LogP contribution < -0.4 is 5.32 Å². The smallest absolute Gasteiger partial charge is 0.262 e. The highest BCUT2D eigenvalue weighted by Gasteiger charge is 2.37. The number of hydrogen-bond acceptors (Lipinski definition) is 3. The zero-order valence-electron chi connectivity index (χ0n) is 16.0. The van der Waals surface area contributed by atoms with E-state index in [9.17, 15) is 15.2 Å². The number of aliphatic hydroxyl groups excluding tert-OH is 1. The van der Waals surface area contributed by atoms with Gasteiger partial charge in [-0.25, -0.2) is 0 Å². The Labute approximate surface area is 175 Å². The minimum atomic E-state index is -0.478. The van der Waals surface area contributed by atoms with Gasteiger partial charge >= 0.3 is 0 Å². The Balaban J connectivity index is 2.21. The number of rotatable bonds is 7. The second kappa shape index (κ2) is 10.2. The molecule has 0 spiro atoms. The summed E-state index contributed by atoms with van der Waals surface area (Å²) in [6, 6.07) is 9.62. The van der Waals surface area contributed by atoms with Crippen LogP contribution in [0.4, 0.5) is 0 Å². The number of amides is 1. The Morgan fingerprint density at radius 1 is 1.36 bits per heavy atom. The van der Waals surface area contributed by atoms with E-state index in [1.165, 1.54) is 6.08 Å². The van der Waals surface area contributed by atoms with Gasteiger partial charge in [0.25, 0.3) is 5.91 Å². The summed E-state index contributed by atoms with van der Waals surface area (Å²) in [5.74, 6) is -0.391. The van der Waals surface area contributed by atoms with E-state index in [1.807, 2.05) is 43.3 Å². The van der Waals surface area contributed by atoms with Crippen molar-refractivity contribution in [3.63, 3.8) is 0 Å². The minimum Gasteiger partial charge on any atom is -0.392 e. The number of nitriles is 1. The molecule has 1 amide bonds. The number of benzene rings is 1. The summed E-state index contributed by atoms with van der Waals surface area (Å²) in [6.45, 7) is 5.78. The van der Waals surface area contributed by atoms with Gasteiger partial charge in [-0.1, -0.05) is 77.8 Å². The van der Waals surface area contributed by atoms with Crippen molar-refractivity contribution in [3.8, 4) is 6.07 Å². The van der Waals surface area contributed by atoms with Crippen molar-refractivity contribution in [2.24, 2.45) is 0 Å². The summed E-state index contributed by atoms with van der Waals surface area (Å²) in [6.07, 6.45) is 10.6. The predicted molar refractivity (Wildman–Crippen MR) is 115 cm³/mol. The number of nitrogens with one attached hydrogen (secondary N) is 1. The molecular formula is C23H25BrN2O2. The third kappa shape index (κ3) is 5.79. The Kier molecular flexibility index (Phi) is 7.98. The number of carbonyl (C=O) groups excluding carboxylic acids is 1. The lowest BCUT2D eigenvalue weighted by Gasteiger charge is -2.31. The maximum atomic E-state index is 12.8. The molecule has 28 heavy (non-hydrogen) atoms. The van der Waals surface area contributed by atoms with E-state index >= 15 is 0 Å². The van der Waals surface area contributed by atoms with Gasteiger partial charge in [0.2, 0.25) is 0 Å². The van der Waals surface area contributed by atoms with Gasteiger partial charge < -0.3 is 10.4 Å². The van der Waals surface area contributed by atoms with E-state index in [0.717, 1.165) is 41.3 Å². The zero-order valence-corrected chi connectivity index (χ0v) is 17.6. The van der Waals surface area contributed by atoms with Crippen LogP contribution in [0.15, 0.2) is 70.8 Å². The second-order valence-electron chi connectivity index (χ2n) is 6.96. The number of carbonyl (C=O) groups is 1. The van der Waals surface area contributed by atoms with Crippen LogP contribution in [0.1, 0.15) is 43.7 Å². The van der Waals surface area contributed by atoms with Gasteiger partial charge in [0.15, 0.2) is 0 Å². The van der Waals surface area contributed by atoms with Crippen molar-refractivity contribution in [1.82, 2.24) is 5.32 Å². The highest BCUT2D eigenvalue weighted by atomic mass is 79.9. The molecule has 0 aromatic heterocycles. The van der Waals surface area contributed by atoms with Gasteiger partial charge in [0.05, 0.1) is 12.1 Å². The SMILES string of the molecule is C=C(/C=C\C=C(/C)Br)/C=C(\C#N)C(=O)NC1(c2ccc(CO)cc2)CCCC1. The molecule has 5 heteroatoms. The largest absolute Gasteiger partial charge is 0.392 e. The topological polar surface area (TPSA) is 73.1 Å². The average Bonchev–Trinajstić information content (AvgIpc) is 3.15. The lowest BCUT2D eigenvalue weighted by atomic mass is 9.87. The molecule has 146 valence electrons. The molecule has 4 nitrogen and oxygen atoms in total. The average molecular weight is 441 g/mol. The second-order valence-corrected chi connectivity index (χ2v) is 8.21. The first-order chi connectivity index (χ1) is 13.4. The maximum Gasteiger partial charge on any atom is 0.262 e. The molecule has 1 aromatic carbocycles. The molecule has 2 N–H and O–H groups in total. The Morgan fingerprint density at radius 2 is 2.00 bits per heavy atom. The predicted octanol–water partition coefficient (Wildman–Crippen LogP) is 4.93. The van der Waals surface area contributed by atoms with E-state index < -0.39 is 11.4 Å². The van der Waals surface area contributed by atoms with Crippen molar-refractivity contribution in [2.45, 2.75) is 44.8 Å². The molecule has 1 aliphatic carbocycles. The van der Waals surface area contributed by atoms with Gasteiger partial charge in [-0.15, -0.1) is 0 Å². The number of hydrogen-bond donors (Lipinski definition) is 2. The van der Waals surface area contributed by atoms with Crippen LogP contribution in [0.5, 0.6) is 0 Å². The fourth-order valence-electron chi connectivity index (χ4n) is 3.36. The summed E-state index contributed by atoms with van der Waals surface area (Å²) in [5, 5.41) is 21.8. The van der Waals surface area contributed by atoms with Crippen molar-refractivity contribution < 1.29 is 9.90 Å². The lowest BCUT2D eigenvalue weighted by Crippen LogP contribution is -2.44. The third-order valence-electron chi connectivity index (χ3n) is 4.83. The molecule has 1 fully saturated rings. The molecule has 2 rings (SSSR count). The van der Waals surface area contributed by atoms with Crippen LogP contribution in [0.25, 0.3) is 0 Å². The number of halogens is 1. The maximum absolute atomic E-state index is 12.8. The summed E-state index contributed by atoms with van der Waals surface area (Å²) in [7, 11) is 0. The van der Waals surface area contributed by atoms with E-state index in [4.69, 9.17) is 0 Å². The minimum absolute atomic E-state index is 0.0135. The van der Waals surface area contributed by atoms with Gasteiger partial charge in [-0.2, -0.15) is 5.26 Å². The van der Waals surface area contributed by atoms with E-state index in [1.54, 1.807) is 12.2 Å². The number of allylic oxidation sites excluding steroid dienone is 6. The van der Waals surface area contributed by atoms with Crippen molar-refractivity contribution in [3.05, 3.63) is 81.9 Å². The van der Waals surface area contributed by atoms with Gasteiger partial charge in [0, 0.05) is 0 Å². The quantitative estimate of drug-likeness (QED) is 0.358. The van der Waals surface area contributed by atoms with Crippen LogP contribution in [0.2, 0.25) is 0 Å². The van der Waals surface area contributed by atoms with Crippen molar-refractivity contribution in [1.29, 1.82) is 5.26 Å². The van der Waals surface area contributed by atoms with Gasteiger partial charge in [0.1, 0.15) is 11.6 Å². The van der Waals surface area contributed by atoms with Gasteiger partial charge in [-0.05, 0) is 47.0 Å². The standard InChI is InChI=1S/C23H25BrN2O2/c1-17(6-5-7-18(2)24)14-20(15-25)22(28)26-23(12-3-4-13-23)21-10-8-19(16-27)9-11-21/h5-11,14,27H,1,3-4,12-13,16H2,2H3,(H,26,28)/b6-5-,18-7+,20-14+. The molecule has 0 unspecified atom stereocenters. The van der Waals surface area contributed by atoms with Crippen LogP contribution in [0.3, 0.4) is 0 Å². The third-order valence-corrected chi connectivity index (χ3v) is 5.09. The van der Waals surface area contributed by atoms with E-state index in [0.29, 0.717) is 5.57 Å². The fourth-order valence-corrected chi connectivity index (χ4v) is 3.52. The Hall–Kier alpha value is -2.42. The fraction of sp³-hybridized carbons (Fsp3) is 0.304. The highest BCUT2D eigenvalue weighted by molar-refractivity contribution is 9.11. The lowest BCUT2D eigenvalue weighted by molar-refractivity contribution is -0.119. The molecule has 0 radical (unpaired) electrons. The number of aliphatic hydroxyl groups is 1. The highest BCUT2D eigenvalue weighted by Crippen LogP contribution is 2.39. The molecule has 1 aliphatic rings. The first kappa shape index (κ1) is 21.9. The van der Waals surface area contributed by atoms with Crippen molar-refractivity contribution in [2.75, 3.05) is 0 Å². The molecule has 0 bridgehead atoms. The first-order valence-corrected chi connectivity index (χ1v) is 10.0. The van der Waals surface area contributed by atoms with Crippen LogP contribution in [-0.4, -0.2) is 11.0 Å². The van der Waals surface area contributed by atoms with E-state index in [-0.39, 0.29) is 12.2 Å². The number of nitrogens with zero attached hydrogens (tertiary/aromatic N) is 1. The van der Waals surface area contributed by atoms with Crippen LogP contribution >= 0.6 is 15.9 Å².